The highest BCUT2D eigenvalue weighted by Gasteiger charge is 2.24. The number of likely N-dealkylation sites (tertiary alicyclic amines) is 1. The number of piperidine rings is 1. The maximum Gasteiger partial charge on any atom is 0.336 e. The number of carbonyl (C=O) groups is 1. The average Bonchev–Trinajstić information content (AvgIpc) is 2.77. The number of hydrogen-bond acceptors (Lipinski definition) is 6. The number of fused-ring (bicyclic) bond motifs is 1. The normalized spacial score (nSPS) is 14.6. The minimum absolute atomic E-state index is 0.0565. The predicted molar refractivity (Wildman–Crippen MR) is 112 cm³/mol. The van der Waals surface area contributed by atoms with Gasteiger partial charge in [0.1, 0.15) is 23.2 Å². The molecule has 0 saturated carbocycles. The molecule has 0 N–H and O–H groups in total. The summed E-state index contributed by atoms with van der Waals surface area (Å²) in [7, 11) is 0. The van der Waals surface area contributed by atoms with Crippen molar-refractivity contribution in [1.29, 1.82) is 0 Å². The maximum atomic E-state index is 12.5. The fraction of sp³-hybridized carbons (Fsp3) is 0.348. The van der Waals surface area contributed by atoms with Gasteiger partial charge in [0.25, 0.3) is 5.91 Å². The van der Waals surface area contributed by atoms with E-state index >= 15 is 0 Å². The number of aromatic nitrogens is 1. The summed E-state index contributed by atoms with van der Waals surface area (Å²) in [5.41, 5.74) is 1.02. The van der Waals surface area contributed by atoms with Gasteiger partial charge in [-0.3, -0.25) is 9.78 Å². The summed E-state index contributed by atoms with van der Waals surface area (Å²) in [6, 6.07) is 10.5. The van der Waals surface area contributed by atoms with Gasteiger partial charge < -0.3 is 18.8 Å². The van der Waals surface area contributed by atoms with E-state index in [1.807, 2.05) is 25.1 Å². The molecule has 156 valence electrons. The van der Waals surface area contributed by atoms with Crippen LogP contribution >= 0.6 is 0 Å². The molecule has 0 bridgehead atoms. The fourth-order valence-corrected chi connectivity index (χ4v) is 3.66. The standard InChI is InChI=1S/C23H24N2O5/c1-2-16-13-23(27)30-21-14-19(3-4-20(16)21)28-15-22(26)25-11-7-18(8-12-25)29-17-5-9-24-10-6-17/h3-6,9-10,13-14,18H,2,7-8,11-12,15H2,1H3. The highest BCUT2D eigenvalue weighted by molar-refractivity contribution is 5.82. The van der Waals surface area contributed by atoms with Crippen molar-refractivity contribution in [3.05, 3.63) is 64.8 Å². The number of benzene rings is 1. The largest absolute Gasteiger partial charge is 0.490 e. The molecule has 3 heterocycles. The van der Waals surface area contributed by atoms with E-state index in [4.69, 9.17) is 13.9 Å². The van der Waals surface area contributed by atoms with Crippen molar-refractivity contribution in [2.24, 2.45) is 0 Å². The fourth-order valence-electron chi connectivity index (χ4n) is 3.66. The van der Waals surface area contributed by atoms with Crippen molar-refractivity contribution in [3.63, 3.8) is 0 Å². The van der Waals surface area contributed by atoms with Crippen molar-refractivity contribution in [3.8, 4) is 11.5 Å². The number of aryl methyl sites for hydroxylation is 1. The number of hydrogen-bond donors (Lipinski definition) is 0. The Balaban J connectivity index is 1.31. The Labute approximate surface area is 174 Å². The highest BCUT2D eigenvalue weighted by atomic mass is 16.5. The molecule has 1 aromatic carbocycles. The summed E-state index contributed by atoms with van der Waals surface area (Å²) in [6.07, 6.45) is 5.78. The van der Waals surface area contributed by atoms with Crippen LogP contribution in [0.1, 0.15) is 25.3 Å². The first-order chi connectivity index (χ1) is 14.6. The lowest BCUT2D eigenvalue weighted by Gasteiger charge is -2.32. The van der Waals surface area contributed by atoms with Gasteiger partial charge >= 0.3 is 5.63 Å². The first kappa shape index (κ1) is 19.9. The Morgan fingerprint density at radius 3 is 2.63 bits per heavy atom. The molecule has 30 heavy (non-hydrogen) atoms. The number of nitrogens with zero attached hydrogens (tertiary/aromatic N) is 2. The zero-order valence-electron chi connectivity index (χ0n) is 16.9. The molecule has 0 aliphatic carbocycles. The van der Waals surface area contributed by atoms with Gasteiger partial charge in [0, 0.05) is 55.8 Å². The monoisotopic (exact) mass is 408 g/mol. The third-order valence-electron chi connectivity index (χ3n) is 5.29. The van der Waals surface area contributed by atoms with Crippen molar-refractivity contribution in [2.45, 2.75) is 32.3 Å². The molecule has 1 fully saturated rings. The number of pyridine rings is 1. The molecular formula is C23H24N2O5. The summed E-state index contributed by atoms with van der Waals surface area (Å²) in [4.78, 5) is 30.0. The van der Waals surface area contributed by atoms with Gasteiger partial charge in [-0.25, -0.2) is 4.79 Å². The first-order valence-corrected chi connectivity index (χ1v) is 10.2. The SMILES string of the molecule is CCc1cc(=O)oc2cc(OCC(=O)N3CCC(Oc4ccncc4)CC3)ccc12. The summed E-state index contributed by atoms with van der Waals surface area (Å²) >= 11 is 0. The minimum Gasteiger partial charge on any atom is -0.490 e. The molecule has 1 amide bonds. The van der Waals surface area contributed by atoms with Crippen LogP contribution in [0.4, 0.5) is 0 Å². The van der Waals surface area contributed by atoms with Crippen molar-refractivity contribution < 1.29 is 18.7 Å². The number of amides is 1. The smallest absolute Gasteiger partial charge is 0.336 e. The van der Waals surface area contributed by atoms with Gasteiger partial charge in [0.15, 0.2) is 6.61 Å². The molecule has 4 rings (SSSR count). The van der Waals surface area contributed by atoms with E-state index in [9.17, 15) is 9.59 Å². The minimum atomic E-state index is -0.385. The van der Waals surface area contributed by atoms with Gasteiger partial charge in [0.05, 0.1) is 0 Å². The molecule has 1 saturated heterocycles. The van der Waals surface area contributed by atoms with Crippen LogP contribution < -0.4 is 15.1 Å². The quantitative estimate of drug-likeness (QED) is 0.583. The Hall–Kier alpha value is -3.35. The third-order valence-corrected chi connectivity index (χ3v) is 5.29. The summed E-state index contributed by atoms with van der Waals surface area (Å²) in [5, 5.41) is 0.882. The van der Waals surface area contributed by atoms with Crippen molar-refractivity contribution >= 4 is 16.9 Å². The molecule has 7 heteroatoms. The molecule has 1 aliphatic heterocycles. The van der Waals surface area contributed by atoms with Crippen LogP contribution in [-0.4, -0.2) is 41.6 Å². The number of carbonyl (C=O) groups excluding carboxylic acids is 1. The van der Waals surface area contributed by atoms with E-state index in [0.29, 0.717) is 24.4 Å². The average molecular weight is 408 g/mol. The summed E-state index contributed by atoms with van der Waals surface area (Å²) in [5.74, 6) is 1.23. The molecule has 2 aromatic heterocycles. The lowest BCUT2D eigenvalue weighted by atomic mass is 10.1. The van der Waals surface area contributed by atoms with Gasteiger partial charge in [-0.05, 0) is 36.2 Å². The summed E-state index contributed by atoms with van der Waals surface area (Å²) < 4.78 is 16.9. The molecule has 3 aromatic rings. The van der Waals surface area contributed by atoms with Crippen LogP contribution in [-0.2, 0) is 11.2 Å². The van der Waals surface area contributed by atoms with Gasteiger partial charge in [-0.2, -0.15) is 0 Å². The van der Waals surface area contributed by atoms with Crippen LogP contribution in [0.3, 0.4) is 0 Å². The Morgan fingerprint density at radius 2 is 1.90 bits per heavy atom. The lowest BCUT2D eigenvalue weighted by molar-refractivity contribution is -0.135. The molecule has 7 nitrogen and oxygen atoms in total. The first-order valence-electron chi connectivity index (χ1n) is 10.2. The van der Waals surface area contributed by atoms with Gasteiger partial charge in [-0.15, -0.1) is 0 Å². The van der Waals surface area contributed by atoms with Crippen LogP contribution in [0, 0.1) is 0 Å². The van der Waals surface area contributed by atoms with Crippen LogP contribution in [0.15, 0.2) is 58.0 Å². The Morgan fingerprint density at radius 1 is 1.13 bits per heavy atom. The third kappa shape index (κ3) is 4.62. The summed E-state index contributed by atoms with van der Waals surface area (Å²) in [6.45, 7) is 3.19. The molecule has 0 spiro atoms. The molecule has 0 radical (unpaired) electrons. The van der Waals surface area contributed by atoms with E-state index in [-0.39, 0.29) is 24.2 Å². The molecule has 0 unspecified atom stereocenters. The Bertz CT molecular complexity index is 1070. The van der Waals surface area contributed by atoms with Crippen molar-refractivity contribution in [1.82, 2.24) is 9.88 Å². The topological polar surface area (TPSA) is 81.9 Å². The Kier molecular flexibility index (Phi) is 5.97. The molecule has 0 atom stereocenters. The second-order valence-corrected chi connectivity index (χ2v) is 7.27. The van der Waals surface area contributed by atoms with E-state index in [2.05, 4.69) is 4.98 Å². The van der Waals surface area contributed by atoms with Crippen LogP contribution in [0.25, 0.3) is 11.0 Å². The van der Waals surface area contributed by atoms with E-state index in [1.54, 1.807) is 29.4 Å². The predicted octanol–water partition coefficient (Wildman–Crippen LogP) is 3.20. The molecule has 1 aliphatic rings. The van der Waals surface area contributed by atoms with E-state index in [1.165, 1.54) is 6.07 Å². The second-order valence-electron chi connectivity index (χ2n) is 7.27. The van der Waals surface area contributed by atoms with Gasteiger partial charge in [0.2, 0.25) is 0 Å². The number of ether oxygens (including phenoxy) is 2. The van der Waals surface area contributed by atoms with Gasteiger partial charge in [-0.1, -0.05) is 6.92 Å². The zero-order valence-corrected chi connectivity index (χ0v) is 16.9. The van der Waals surface area contributed by atoms with Crippen molar-refractivity contribution in [2.75, 3.05) is 19.7 Å². The molecular weight excluding hydrogens is 384 g/mol. The zero-order chi connectivity index (χ0) is 20.9. The number of rotatable bonds is 6. The lowest BCUT2D eigenvalue weighted by Crippen LogP contribution is -2.43. The van der Waals surface area contributed by atoms with Crippen LogP contribution in [0.5, 0.6) is 11.5 Å². The highest BCUT2D eigenvalue weighted by Crippen LogP contribution is 2.23. The second kappa shape index (κ2) is 8.98. The maximum absolute atomic E-state index is 12.5. The van der Waals surface area contributed by atoms with Crippen LogP contribution in [0.2, 0.25) is 0 Å². The van der Waals surface area contributed by atoms with E-state index in [0.717, 1.165) is 36.0 Å². The van der Waals surface area contributed by atoms with E-state index < -0.39 is 0 Å².